The Morgan fingerprint density at radius 1 is 1.20 bits per heavy atom. The highest BCUT2D eigenvalue weighted by atomic mass is 32.1. The van der Waals surface area contributed by atoms with E-state index >= 15 is 0 Å². The highest BCUT2D eigenvalue weighted by Gasteiger charge is 2.34. The topological polar surface area (TPSA) is 90.7 Å². The first-order valence-corrected chi connectivity index (χ1v) is 12.6. The number of hydrogen-bond acceptors (Lipinski definition) is 6. The zero-order valence-corrected chi connectivity index (χ0v) is 21.9. The number of aromatic nitrogens is 2. The van der Waals surface area contributed by atoms with Crippen molar-refractivity contribution in [2.24, 2.45) is 5.41 Å². The van der Waals surface area contributed by atoms with Gasteiger partial charge in [-0.15, -0.1) is 11.3 Å². The lowest BCUT2D eigenvalue weighted by molar-refractivity contribution is 0.0693. The van der Waals surface area contributed by atoms with Crippen LogP contribution >= 0.6 is 11.3 Å². The number of fused-ring (bicyclic) bond motifs is 3. The van der Waals surface area contributed by atoms with E-state index in [0.717, 1.165) is 50.1 Å². The van der Waals surface area contributed by atoms with Gasteiger partial charge >= 0.3 is 5.97 Å². The zero-order valence-electron chi connectivity index (χ0n) is 21.1. The molecule has 0 unspecified atom stereocenters. The second-order valence-electron chi connectivity index (χ2n) is 10.1. The second-order valence-corrected chi connectivity index (χ2v) is 11.3. The molecule has 0 saturated heterocycles. The molecule has 1 aliphatic rings. The van der Waals surface area contributed by atoms with E-state index in [1.165, 1.54) is 12.3 Å². The molecule has 3 aromatic rings. The van der Waals surface area contributed by atoms with Crippen LogP contribution in [0.1, 0.15) is 59.9 Å². The fourth-order valence-corrected chi connectivity index (χ4v) is 5.65. The minimum atomic E-state index is -1.21. The van der Waals surface area contributed by atoms with Crippen LogP contribution in [-0.2, 0) is 11.2 Å². The van der Waals surface area contributed by atoms with Crippen LogP contribution in [0.4, 0.5) is 0 Å². The van der Waals surface area contributed by atoms with Gasteiger partial charge in [-0.2, -0.15) is 0 Å². The van der Waals surface area contributed by atoms with E-state index in [9.17, 15) is 14.7 Å². The van der Waals surface area contributed by atoms with Gasteiger partial charge in [0.25, 0.3) is 0 Å². The van der Waals surface area contributed by atoms with Crippen molar-refractivity contribution in [1.82, 2.24) is 9.55 Å². The maximum atomic E-state index is 12.7. The predicted octanol–water partition coefficient (Wildman–Crippen LogP) is 5.51. The van der Waals surface area contributed by atoms with Crippen molar-refractivity contribution in [3.8, 4) is 27.4 Å². The number of nitrogens with zero attached hydrogens (tertiary/aromatic N) is 2. The Kier molecular flexibility index (Phi) is 6.88. The number of aromatic carboxylic acids is 1. The molecule has 7 nitrogen and oxygen atoms in total. The monoisotopic (exact) mass is 496 g/mol. The first kappa shape index (κ1) is 25.1. The third kappa shape index (κ3) is 4.90. The number of carboxylic acid groups (broad SMARTS) is 1. The van der Waals surface area contributed by atoms with Crippen molar-refractivity contribution < 1.29 is 19.4 Å². The summed E-state index contributed by atoms with van der Waals surface area (Å²) in [4.78, 5) is 30.1. The van der Waals surface area contributed by atoms with Crippen LogP contribution in [0.25, 0.3) is 21.7 Å². The molecule has 0 aliphatic carbocycles. The highest BCUT2D eigenvalue weighted by Crippen LogP contribution is 2.47. The van der Waals surface area contributed by atoms with Crippen LogP contribution in [0.2, 0.25) is 0 Å². The Balaban J connectivity index is 1.94. The molecular weight excluding hydrogens is 464 g/mol. The molecule has 1 atom stereocenters. The Hall–Kier alpha value is -2.97. The van der Waals surface area contributed by atoms with Crippen molar-refractivity contribution in [3.05, 3.63) is 56.4 Å². The molecule has 0 amide bonds. The fraction of sp³-hybridized carbons (Fsp3) is 0.444. The minimum Gasteiger partial charge on any atom is -0.493 e. The molecular formula is C27H32N2O5S. The summed E-state index contributed by atoms with van der Waals surface area (Å²) in [6.07, 6.45) is 2.98. The van der Waals surface area contributed by atoms with Gasteiger partial charge in [-0.3, -0.25) is 4.79 Å². The zero-order chi connectivity index (χ0) is 25.5. The van der Waals surface area contributed by atoms with E-state index in [1.54, 1.807) is 18.4 Å². The van der Waals surface area contributed by atoms with E-state index in [4.69, 9.17) is 9.47 Å². The summed E-state index contributed by atoms with van der Waals surface area (Å²) in [5.74, 6) is -0.419. The third-order valence-corrected chi connectivity index (χ3v) is 7.54. The van der Waals surface area contributed by atoms with Gasteiger partial charge < -0.3 is 19.1 Å². The number of ether oxygens (including phenoxy) is 2. The molecule has 2 aromatic heterocycles. The third-order valence-electron chi connectivity index (χ3n) is 6.44. The van der Waals surface area contributed by atoms with Crippen molar-refractivity contribution in [3.63, 3.8) is 0 Å². The van der Waals surface area contributed by atoms with Crippen molar-refractivity contribution in [1.29, 1.82) is 0 Å². The molecule has 3 heterocycles. The minimum absolute atomic E-state index is 0.0247. The first-order chi connectivity index (χ1) is 16.5. The SMILES string of the molecule is COCCCOc1cc2c(cc1-c1sc(C)nc1C)-c1cc(=O)c(C(=O)O)cn1[C@H](C(C)(C)C)C2. The molecule has 1 aromatic carbocycles. The predicted molar refractivity (Wildman–Crippen MR) is 138 cm³/mol. The average molecular weight is 497 g/mol. The van der Waals surface area contributed by atoms with E-state index in [2.05, 4.69) is 37.9 Å². The standard InChI is InChI=1S/C27H32N2O5S/c1-15-25(35-16(2)28-15)19-12-18-17(10-23(19)34-9-7-8-33-6)11-24(27(3,4)5)29-14-20(26(31)32)22(30)13-21(18)29/h10,12-14,24H,7-9,11H2,1-6H3,(H,31,32)/t24-/m0/s1. The lowest BCUT2D eigenvalue weighted by Crippen LogP contribution is -2.32. The summed E-state index contributed by atoms with van der Waals surface area (Å²) in [5.41, 5.74) is 3.72. The van der Waals surface area contributed by atoms with Crippen LogP contribution < -0.4 is 10.2 Å². The van der Waals surface area contributed by atoms with E-state index in [1.807, 2.05) is 18.4 Å². The van der Waals surface area contributed by atoms with Gasteiger partial charge in [0, 0.05) is 49.6 Å². The number of aryl methyl sites for hydroxylation is 2. The molecule has 1 aliphatic heterocycles. The maximum Gasteiger partial charge on any atom is 0.341 e. The van der Waals surface area contributed by atoms with Gasteiger partial charge in [0.05, 0.1) is 27.9 Å². The van der Waals surface area contributed by atoms with Crippen LogP contribution in [0.15, 0.2) is 29.2 Å². The summed E-state index contributed by atoms with van der Waals surface area (Å²) < 4.78 is 13.4. The second kappa shape index (κ2) is 9.59. The van der Waals surface area contributed by atoms with Crippen molar-refractivity contribution >= 4 is 17.3 Å². The number of carboxylic acids is 1. The molecule has 0 radical (unpaired) electrons. The normalized spacial score (nSPS) is 15.0. The van der Waals surface area contributed by atoms with Gasteiger partial charge in [0.2, 0.25) is 0 Å². The number of methoxy groups -OCH3 is 1. The molecule has 8 heteroatoms. The Morgan fingerprint density at radius 3 is 2.54 bits per heavy atom. The molecule has 0 fully saturated rings. The average Bonchev–Trinajstić information content (AvgIpc) is 3.12. The molecule has 0 bridgehead atoms. The van der Waals surface area contributed by atoms with Crippen molar-refractivity contribution in [2.75, 3.05) is 20.3 Å². The quantitative estimate of drug-likeness (QED) is 0.434. The Labute approximate surface area is 209 Å². The smallest absolute Gasteiger partial charge is 0.341 e. The molecule has 186 valence electrons. The van der Waals surface area contributed by atoms with Gasteiger partial charge in [-0.25, -0.2) is 9.78 Å². The van der Waals surface area contributed by atoms with Gasteiger partial charge in [-0.05, 0) is 43.4 Å². The van der Waals surface area contributed by atoms with E-state index in [-0.39, 0.29) is 17.0 Å². The lowest BCUT2D eigenvalue weighted by atomic mass is 9.78. The summed E-state index contributed by atoms with van der Waals surface area (Å²) in [5, 5.41) is 10.6. The van der Waals surface area contributed by atoms with E-state index in [0.29, 0.717) is 19.6 Å². The fourth-order valence-electron chi connectivity index (χ4n) is 4.71. The van der Waals surface area contributed by atoms with Gasteiger partial charge in [0.1, 0.15) is 11.3 Å². The first-order valence-electron chi connectivity index (χ1n) is 11.7. The van der Waals surface area contributed by atoms with Crippen LogP contribution in [0.5, 0.6) is 5.75 Å². The molecule has 0 saturated carbocycles. The molecule has 1 N–H and O–H groups in total. The van der Waals surface area contributed by atoms with E-state index < -0.39 is 11.4 Å². The molecule has 4 rings (SSSR count). The van der Waals surface area contributed by atoms with Gasteiger partial charge in [-0.1, -0.05) is 20.8 Å². The van der Waals surface area contributed by atoms with Crippen molar-refractivity contribution in [2.45, 2.75) is 53.5 Å². The van der Waals surface area contributed by atoms with Crippen LogP contribution in [0.3, 0.4) is 0 Å². The Bertz CT molecular complexity index is 1330. The number of carbonyl (C=O) groups is 1. The van der Waals surface area contributed by atoms with Crippen LogP contribution in [0, 0.1) is 19.3 Å². The van der Waals surface area contributed by atoms with Crippen LogP contribution in [-0.4, -0.2) is 41.0 Å². The number of pyridine rings is 1. The number of thiazole rings is 1. The summed E-state index contributed by atoms with van der Waals surface area (Å²) >= 11 is 1.61. The maximum absolute atomic E-state index is 12.7. The van der Waals surface area contributed by atoms with Gasteiger partial charge in [0.15, 0.2) is 5.43 Å². The molecule has 35 heavy (non-hydrogen) atoms. The lowest BCUT2D eigenvalue weighted by Gasteiger charge is -2.39. The number of rotatable bonds is 7. The summed E-state index contributed by atoms with van der Waals surface area (Å²) in [7, 11) is 1.68. The number of benzene rings is 1. The Morgan fingerprint density at radius 2 is 1.94 bits per heavy atom. The highest BCUT2D eigenvalue weighted by molar-refractivity contribution is 7.15. The number of hydrogen-bond donors (Lipinski definition) is 1. The largest absolute Gasteiger partial charge is 0.493 e. The molecule has 0 spiro atoms. The summed E-state index contributed by atoms with van der Waals surface area (Å²) in [6.45, 7) is 11.5. The summed E-state index contributed by atoms with van der Waals surface area (Å²) in [6, 6.07) is 5.60.